The van der Waals surface area contributed by atoms with Crippen molar-refractivity contribution in [1.82, 2.24) is 0 Å². The fourth-order valence-corrected chi connectivity index (χ4v) is 2.57. The van der Waals surface area contributed by atoms with Crippen molar-refractivity contribution >= 4 is 11.8 Å². The zero-order valence-corrected chi connectivity index (χ0v) is 11.5. The number of carbonyl (C=O) groups is 2. The van der Waals surface area contributed by atoms with Crippen LogP contribution in [0.3, 0.4) is 0 Å². The molecule has 0 aromatic heterocycles. The molecular formula is C14H24O4. The molecule has 1 fully saturated rings. The summed E-state index contributed by atoms with van der Waals surface area (Å²) in [6.07, 6.45) is 6.34. The highest BCUT2D eigenvalue weighted by Gasteiger charge is 2.37. The first-order valence-corrected chi connectivity index (χ1v) is 6.88. The highest BCUT2D eigenvalue weighted by atomic mass is 16.5. The first-order chi connectivity index (χ1) is 8.64. The number of ether oxygens (including phenoxy) is 2. The Hall–Kier alpha value is -0.900. The van der Waals surface area contributed by atoms with E-state index >= 15 is 0 Å². The molecule has 0 aromatic rings. The molecule has 4 nitrogen and oxygen atoms in total. The topological polar surface area (TPSA) is 52.6 Å². The molecule has 0 bridgehead atoms. The van der Waals surface area contributed by atoms with Crippen LogP contribution in [0.25, 0.3) is 0 Å². The lowest BCUT2D eigenvalue weighted by Crippen LogP contribution is -2.40. The van der Waals surface area contributed by atoms with E-state index in [2.05, 4.69) is 0 Å². The van der Waals surface area contributed by atoms with E-state index in [0.717, 1.165) is 38.5 Å². The summed E-state index contributed by atoms with van der Waals surface area (Å²) >= 11 is 0. The molecule has 0 radical (unpaired) electrons. The summed E-state index contributed by atoms with van der Waals surface area (Å²) in [5.41, 5.74) is -0.650. The van der Waals surface area contributed by atoms with E-state index in [1.807, 2.05) is 0 Å². The minimum Gasteiger partial charge on any atom is -0.466 e. The average Bonchev–Trinajstić information content (AvgIpc) is 2.62. The minimum atomic E-state index is -0.650. The minimum absolute atomic E-state index is 0.0555. The maximum atomic E-state index is 12.3. The van der Waals surface area contributed by atoms with Crippen LogP contribution in [0.2, 0.25) is 0 Å². The summed E-state index contributed by atoms with van der Waals surface area (Å²) in [6.45, 7) is 2.13. The lowest BCUT2D eigenvalue weighted by molar-refractivity contribution is -0.149. The van der Waals surface area contributed by atoms with Crippen LogP contribution < -0.4 is 0 Å². The van der Waals surface area contributed by atoms with E-state index in [-0.39, 0.29) is 24.6 Å². The van der Waals surface area contributed by atoms with Gasteiger partial charge in [-0.05, 0) is 19.8 Å². The second-order valence-corrected chi connectivity index (χ2v) is 4.84. The molecular weight excluding hydrogens is 232 g/mol. The molecule has 0 heterocycles. The van der Waals surface area contributed by atoms with E-state index in [0.29, 0.717) is 6.61 Å². The first-order valence-electron chi connectivity index (χ1n) is 6.88. The Morgan fingerprint density at radius 3 is 2.17 bits per heavy atom. The Morgan fingerprint density at radius 1 is 1.06 bits per heavy atom. The van der Waals surface area contributed by atoms with Gasteiger partial charge in [-0.15, -0.1) is 0 Å². The predicted molar refractivity (Wildman–Crippen MR) is 68.3 cm³/mol. The first kappa shape index (κ1) is 15.2. The molecule has 0 aliphatic heterocycles. The molecule has 1 rings (SSSR count). The number of hydrogen-bond acceptors (Lipinski definition) is 4. The van der Waals surface area contributed by atoms with Gasteiger partial charge < -0.3 is 9.47 Å². The molecule has 1 aliphatic carbocycles. The maximum absolute atomic E-state index is 12.3. The van der Waals surface area contributed by atoms with Crippen molar-refractivity contribution in [2.24, 2.45) is 0 Å². The zero-order valence-electron chi connectivity index (χ0n) is 11.5. The summed E-state index contributed by atoms with van der Waals surface area (Å²) in [6, 6.07) is 0. The number of rotatable bonds is 6. The van der Waals surface area contributed by atoms with Gasteiger partial charge in [-0.2, -0.15) is 0 Å². The van der Waals surface area contributed by atoms with Crippen molar-refractivity contribution in [3.05, 3.63) is 0 Å². The van der Waals surface area contributed by atoms with E-state index in [9.17, 15) is 9.59 Å². The Labute approximate surface area is 109 Å². The SMILES string of the molecule is CCOC(=O)CCC(=O)C1(OC)CCCCCC1. The van der Waals surface area contributed by atoms with Gasteiger partial charge in [-0.1, -0.05) is 25.7 Å². The third kappa shape index (κ3) is 4.09. The summed E-state index contributed by atoms with van der Waals surface area (Å²) in [5.74, 6) is -0.245. The van der Waals surface area contributed by atoms with E-state index in [1.54, 1.807) is 14.0 Å². The van der Waals surface area contributed by atoms with E-state index in [4.69, 9.17) is 9.47 Å². The normalized spacial score (nSPS) is 19.0. The fourth-order valence-electron chi connectivity index (χ4n) is 2.57. The van der Waals surface area contributed by atoms with Gasteiger partial charge in [-0.25, -0.2) is 0 Å². The number of methoxy groups -OCH3 is 1. The molecule has 1 aliphatic rings. The van der Waals surface area contributed by atoms with Gasteiger partial charge in [0.15, 0.2) is 5.78 Å². The number of ketones is 1. The third-order valence-electron chi connectivity index (χ3n) is 3.67. The van der Waals surface area contributed by atoms with Crippen molar-refractivity contribution in [3.8, 4) is 0 Å². The summed E-state index contributed by atoms with van der Waals surface area (Å²) in [4.78, 5) is 23.6. The maximum Gasteiger partial charge on any atom is 0.306 e. The largest absolute Gasteiger partial charge is 0.466 e. The van der Waals surface area contributed by atoms with E-state index in [1.165, 1.54) is 0 Å². The molecule has 0 saturated heterocycles. The summed E-state index contributed by atoms with van der Waals surface area (Å²) in [7, 11) is 1.60. The Balaban J connectivity index is 2.52. The van der Waals surface area contributed by atoms with Crippen LogP contribution in [-0.4, -0.2) is 31.1 Å². The molecule has 0 atom stereocenters. The van der Waals surface area contributed by atoms with Gasteiger partial charge in [0.2, 0.25) is 0 Å². The van der Waals surface area contributed by atoms with Crippen molar-refractivity contribution < 1.29 is 19.1 Å². The third-order valence-corrected chi connectivity index (χ3v) is 3.67. The van der Waals surface area contributed by atoms with Crippen LogP contribution in [-0.2, 0) is 19.1 Å². The predicted octanol–water partition coefficient (Wildman–Crippen LogP) is 2.64. The molecule has 1 saturated carbocycles. The van der Waals surface area contributed by atoms with Gasteiger partial charge in [0, 0.05) is 13.5 Å². The number of esters is 1. The second kappa shape index (κ2) is 7.52. The van der Waals surface area contributed by atoms with Gasteiger partial charge in [0.05, 0.1) is 13.0 Å². The van der Waals surface area contributed by atoms with Crippen LogP contribution in [0.5, 0.6) is 0 Å². The highest BCUT2D eigenvalue weighted by Crippen LogP contribution is 2.32. The van der Waals surface area contributed by atoms with Crippen LogP contribution in [0.1, 0.15) is 58.3 Å². The molecule has 0 unspecified atom stereocenters. The second-order valence-electron chi connectivity index (χ2n) is 4.84. The number of hydrogen-bond donors (Lipinski definition) is 0. The van der Waals surface area contributed by atoms with Gasteiger partial charge in [0.1, 0.15) is 5.60 Å². The van der Waals surface area contributed by atoms with Crippen molar-refractivity contribution in [2.75, 3.05) is 13.7 Å². The average molecular weight is 256 g/mol. The monoisotopic (exact) mass is 256 g/mol. The molecule has 104 valence electrons. The van der Waals surface area contributed by atoms with Crippen molar-refractivity contribution in [1.29, 1.82) is 0 Å². The lowest BCUT2D eigenvalue weighted by Gasteiger charge is -2.29. The van der Waals surface area contributed by atoms with E-state index < -0.39 is 5.60 Å². The van der Waals surface area contributed by atoms with Gasteiger partial charge in [0.25, 0.3) is 0 Å². The Morgan fingerprint density at radius 2 is 1.67 bits per heavy atom. The molecule has 4 heteroatoms. The van der Waals surface area contributed by atoms with Crippen LogP contribution in [0.15, 0.2) is 0 Å². The standard InChI is InChI=1S/C14H24O4/c1-3-18-13(16)9-8-12(15)14(17-2)10-6-4-5-7-11-14/h3-11H2,1-2H3. The smallest absolute Gasteiger partial charge is 0.306 e. The number of carbonyl (C=O) groups excluding carboxylic acids is 2. The quantitative estimate of drug-likeness (QED) is 0.541. The fraction of sp³-hybridized carbons (Fsp3) is 0.857. The molecule has 0 N–H and O–H groups in total. The highest BCUT2D eigenvalue weighted by molar-refractivity contribution is 5.89. The molecule has 0 amide bonds. The van der Waals surface area contributed by atoms with Crippen molar-refractivity contribution in [2.45, 2.75) is 63.9 Å². The van der Waals surface area contributed by atoms with Crippen molar-refractivity contribution in [3.63, 3.8) is 0 Å². The van der Waals surface area contributed by atoms with Crippen LogP contribution in [0.4, 0.5) is 0 Å². The lowest BCUT2D eigenvalue weighted by atomic mass is 9.87. The zero-order chi connectivity index (χ0) is 13.4. The van der Waals surface area contributed by atoms with Gasteiger partial charge in [-0.3, -0.25) is 9.59 Å². The molecule has 0 aromatic carbocycles. The van der Waals surface area contributed by atoms with Crippen LogP contribution >= 0.6 is 0 Å². The summed E-state index contributed by atoms with van der Waals surface area (Å²) in [5, 5.41) is 0. The Kier molecular flexibility index (Phi) is 6.33. The molecule has 0 spiro atoms. The molecule has 18 heavy (non-hydrogen) atoms. The number of Topliss-reactive ketones (excluding diaryl/α,β-unsaturated/α-hetero) is 1. The van der Waals surface area contributed by atoms with Crippen LogP contribution in [0, 0.1) is 0 Å². The summed E-state index contributed by atoms with van der Waals surface area (Å²) < 4.78 is 10.4. The van der Waals surface area contributed by atoms with Gasteiger partial charge >= 0.3 is 5.97 Å². The Bertz CT molecular complexity index is 278.